The molecule has 0 spiro atoms. The molecule has 166 valence electrons. The molecule has 1 aliphatic carbocycles. The van der Waals surface area contributed by atoms with E-state index in [0.29, 0.717) is 24.2 Å². The molecule has 0 unspecified atom stereocenters. The first kappa shape index (κ1) is 22.0. The van der Waals surface area contributed by atoms with E-state index in [2.05, 4.69) is 30.2 Å². The molecular formula is C24H32N4O2S. The summed E-state index contributed by atoms with van der Waals surface area (Å²) in [6, 6.07) is 6.34. The van der Waals surface area contributed by atoms with E-state index in [-0.39, 0.29) is 18.0 Å². The first-order valence-electron chi connectivity index (χ1n) is 11.3. The predicted molar refractivity (Wildman–Crippen MR) is 127 cm³/mol. The Morgan fingerprint density at radius 2 is 2.13 bits per heavy atom. The number of carbonyl (C=O) groups excluding carboxylic acids is 1. The Bertz CT molecular complexity index is 975. The minimum Gasteiger partial charge on any atom is -0.382 e. The van der Waals surface area contributed by atoms with Crippen LogP contribution in [0.25, 0.3) is 16.3 Å². The quantitative estimate of drug-likeness (QED) is 0.627. The molecule has 1 saturated heterocycles. The fraction of sp³-hybridized carbons (Fsp3) is 0.542. The zero-order valence-corrected chi connectivity index (χ0v) is 19.5. The van der Waals surface area contributed by atoms with Gasteiger partial charge in [0.25, 0.3) is 5.91 Å². The van der Waals surface area contributed by atoms with Crippen LogP contribution in [0.5, 0.6) is 0 Å². The third-order valence-electron chi connectivity index (χ3n) is 5.94. The van der Waals surface area contributed by atoms with Crippen LogP contribution in [0, 0.1) is 5.92 Å². The van der Waals surface area contributed by atoms with Crippen molar-refractivity contribution in [3.8, 4) is 0 Å². The van der Waals surface area contributed by atoms with Crippen LogP contribution in [-0.4, -0.2) is 47.6 Å². The van der Waals surface area contributed by atoms with Crippen molar-refractivity contribution in [2.24, 2.45) is 10.9 Å². The second-order valence-electron chi connectivity index (χ2n) is 8.92. The number of aromatic nitrogens is 1. The Morgan fingerprint density at radius 3 is 2.87 bits per heavy atom. The van der Waals surface area contributed by atoms with Crippen molar-refractivity contribution in [2.75, 3.05) is 13.7 Å². The van der Waals surface area contributed by atoms with Gasteiger partial charge in [0.05, 0.1) is 28.4 Å². The predicted octanol–water partition coefficient (Wildman–Crippen LogP) is 4.82. The minimum atomic E-state index is 0.0239. The van der Waals surface area contributed by atoms with Gasteiger partial charge in [-0.2, -0.15) is 0 Å². The molecule has 2 heterocycles. The van der Waals surface area contributed by atoms with Crippen LogP contribution in [0.3, 0.4) is 0 Å². The van der Waals surface area contributed by atoms with Gasteiger partial charge in [-0.1, -0.05) is 39.2 Å². The van der Waals surface area contributed by atoms with E-state index < -0.39 is 0 Å². The number of methoxy groups -OCH3 is 1. The number of nitrogens with zero attached hydrogens (tertiary/aromatic N) is 3. The van der Waals surface area contributed by atoms with Crippen molar-refractivity contribution in [2.45, 2.75) is 64.5 Å². The maximum Gasteiger partial charge on any atom is 0.277 e. The van der Waals surface area contributed by atoms with E-state index in [9.17, 15) is 4.79 Å². The summed E-state index contributed by atoms with van der Waals surface area (Å²) in [5.41, 5.74) is 4.42. The standard InChI is InChI=1S/C24H32N4O2S/c1-16(2)11-18(14-30-3)26-24-27-21(23(29)28(24)19-7-5-4-6-8-19)12-17-9-10-20-22(13-17)31-15-25-20/h9-10,12-13,15-16,18-19H,4-8,11,14H2,1-3H3,(H,26,27)/b21-12-/t18-/m1/s1. The number of carbonyl (C=O) groups is 1. The molecule has 1 atom stereocenters. The fourth-order valence-corrected chi connectivity index (χ4v) is 5.25. The summed E-state index contributed by atoms with van der Waals surface area (Å²) in [4.78, 5) is 24.7. The van der Waals surface area contributed by atoms with Gasteiger partial charge in [0.2, 0.25) is 5.96 Å². The summed E-state index contributed by atoms with van der Waals surface area (Å²) in [7, 11) is 1.71. The van der Waals surface area contributed by atoms with Crippen molar-refractivity contribution in [3.05, 3.63) is 35.0 Å². The highest BCUT2D eigenvalue weighted by molar-refractivity contribution is 7.16. The van der Waals surface area contributed by atoms with Crippen LogP contribution in [0.15, 0.2) is 34.4 Å². The van der Waals surface area contributed by atoms with E-state index in [1.165, 1.54) is 6.42 Å². The first-order valence-corrected chi connectivity index (χ1v) is 12.2. The van der Waals surface area contributed by atoms with Gasteiger partial charge in [-0.25, -0.2) is 9.98 Å². The average Bonchev–Trinajstić information content (AvgIpc) is 3.32. The molecule has 1 aliphatic heterocycles. The molecule has 1 amide bonds. The molecule has 2 aliphatic rings. The van der Waals surface area contributed by atoms with E-state index in [0.717, 1.165) is 47.9 Å². The highest BCUT2D eigenvalue weighted by Gasteiger charge is 2.38. The Morgan fingerprint density at radius 1 is 1.32 bits per heavy atom. The number of benzene rings is 1. The van der Waals surface area contributed by atoms with Crippen molar-refractivity contribution < 1.29 is 9.53 Å². The van der Waals surface area contributed by atoms with Gasteiger partial charge in [0, 0.05) is 13.2 Å². The number of hydrogen-bond acceptors (Lipinski definition) is 5. The first-order chi connectivity index (χ1) is 15.0. The maximum atomic E-state index is 13.5. The SMILES string of the molecule is COC[C@@H](CC(C)C)N=C1N/C(=C\c2ccc3ncsc3c2)C(=O)N1C1CCCCC1. The molecule has 6 nitrogen and oxygen atoms in total. The Kier molecular flexibility index (Phi) is 7.02. The Hall–Kier alpha value is -2.25. The van der Waals surface area contributed by atoms with Gasteiger partial charge < -0.3 is 10.1 Å². The summed E-state index contributed by atoms with van der Waals surface area (Å²) in [5.74, 6) is 1.21. The van der Waals surface area contributed by atoms with Gasteiger partial charge >= 0.3 is 0 Å². The summed E-state index contributed by atoms with van der Waals surface area (Å²) in [6.45, 7) is 4.93. The van der Waals surface area contributed by atoms with Gasteiger partial charge in [0.1, 0.15) is 5.70 Å². The summed E-state index contributed by atoms with van der Waals surface area (Å²) < 4.78 is 6.54. The molecule has 1 aromatic carbocycles. The zero-order valence-electron chi connectivity index (χ0n) is 18.6. The lowest BCUT2D eigenvalue weighted by Crippen LogP contribution is -2.43. The van der Waals surface area contributed by atoms with E-state index in [1.807, 2.05) is 28.6 Å². The molecule has 2 aromatic rings. The second-order valence-corrected chi connectivity index (χ2v) is 9.81. The molecule has 1 saturated carbocycles. The van der Waals surface area contributed by atoms with E-state index >= 15 is 0 Å². The number of nitrogens with one attached hydrogen (secondary N) is 1. The number of aliphatic imine (C=N–C) groups is 1. The summed E-state index contributed by atoms with van der Waals surface area (Å²) >= 11 is 1.61. The normalized spacial score (nSPS) is 21.5. The number of ether oxygens (including phenoxy) is 1. The molecule has 0 bridgehead atoms. The fourth-order valence-electron chi connectivity index (χ4n) is 4.53. The molecular weight excluding hydrogens is 408 g/mol. The van der Waals surface area contributed by atoms with Gasteiger partial charge in [-0.3, -0.25) is 9.69 Å². The molecule has 31 heavy (non-hydrogen) atoms. The van der Waals surface area contributed by atoms with Crippen molar-refractivity contribution in [1.29, 1.82) is 0 Å². The number of amides is 1. The van der Waals surface area contributed by atoms with Crippen molar-refractivity contribution in [3.63, 3.8) is 0 Å². The van der Waals surface area contributed by atoms with Crippen LogP contribution in [0.1, 0.15) is 57.9 Å². The van der Waals surface area contributed by atoms with Crippen molar-refractivity contribution >= 4 is 39.5 Å². The molecule has 7 heteroatoms. The van der Waals surface area contributed by atoms with Crippen LogP contribution >= 0.6 is 11.3 Å². The second kappa shape index (κ2) is 9.92. The number of rotatable bonds is 7. The third kappa shape index (κ3) is 5.15. The van der Waals surface area contributed by atoms with Crippen LogP contribution in [0.4, 0.5) is 0 Å². The molecule has 1 aromatic heterocycles. The molecule has 1 N–H and O–H groups in total. The summed E-state index contributed by atoms with van der Waals surface area (Å²) in [6.07, 6.45) is 8.50. The van der Waals surface area contributed by atoms with Gasteiger partial charge in [-0.05, 0) is 49.0 Å². The largest absolute Gasteiger partial charge is 0.382 e. The number of fused-ring (bicyclic) bond motifs is 1. The molecule has 2 fully saturated rings. The lowest BCUT2D eigenvalue weighted by molar-refractivity contribution is -0.124. The van der Waals surface area contributed by atoms with Crippen LogP contribution in [-0.2, 0) is 9.53 Å². The summed E-state index contributed by atoms with van der Waals surface area (Å²) in [5, 5.41) is 3.36. The minimum absolute atomic E-state index is 0.0239. The lowest BCUT2D eigenvalue weighted by Gasteiger charge is -2.30. The Labute approximate surface area is 188 Å². The maximum absolute atomic E-state index is 13.5. The van der Waals surface area contributed by atoms with Gasteiger partial charge in [0.15, 0.2) is 0 Å². The number of guanidine groups is 1. The smallest absolute Gasteiger partial charge is 0.277 e. The van der Waals surface area contributed by atoms with Crippen molar-refractivity contribution in [1.82, 2.24) is 15.2 Å². The van der Waals surface area contributed by atoms with Gasteiger partial charge in [-0.15, -0.1) is 11.3 Å². The number of thiazole rings is 1. The molecule has 0 radical (unpaired) electrons. The Balaban J connectivity index is 1.66. The van der Waals surface area contributed by atoms with Crippen LogP contribution < -0.4 is 5.32 Å². The molecule has 4 rings (SSSR count). The third-order valence-corrected chi connectivity index (χ3v) is 6.73. The van der Waals surface area contributed by atoms with E-state index in [1.54, 1.807) is 18.4 Å². The van der Waals surface area contributed by atoms with Crippen LogP contribution in [0.2, 0.25) is 0 Å². The number of hydrogen-bond donors (Lipinski definition) is 1. The zero-order chi connectivity index (χ0) is 21.8. The average molecular weight is 441 g/mol. The van der Waals surface area contributed by atoms with E-state index in [4.69, 9.17) is 9.73 Å². The topological polar surface area (TPSA) is 66.8 Å². The highest BCUT2D eigenvalue weighted by Crippen LogP contribution is 2.28. The lowest BCUT2D eigenvalue weighted by atomic mass is 9.94. The highest BCUT2D eigenvalue weighted by atomic mass is 32.1. The monoisotopic (exact) mass is 440 g/mol.